The predicted octanol–water partition coefficient (Wildman–Crippen LogP) is 16.9. The molecule has 0 aliphatic heterocycles. The predicted molar refractivity (Wildman–Crippen MR) is 281 cm³/mol. The third kappa shape index (κ3) is 8.24. The van der Waals surface area contributed by atoms with Crippen LogP contribution in [0.15, 0.2) is 167 Å². The van der Waals surface area contributed by atoms with Crippen LogP contribution in [-0.2, 0) is 25.5 Å². The fraction of sp³-hybridized carbons (Fsp3) is 0.177. The first-order valence-electron chi connectivity index (χ1n) is 24.8. The van der Waals surface area contributed by atoms with Gasteiger partial charge in [0.2, 0.25) is 0 Å². The zero-order valence-corrected chi connectivity index (χ0v) is 42.0. The molecule has 0 aliphatic carbocycles. The van der Waals surface area contributed by atoms with Crippen molar-refractivity contribution in [2.75, 3.05) is 0 Å². The van der Waals surface area contributed by atoms with Gasteiger partial charge in [-0.15, -0.1) is 54.1 Å². The van der Waals surface area contributed by atoms with Gasteiger partial charge in [-0.1, -0.05) is 132 Å². The van der Waals surface area contributed by atoms with E-state index in [0.717, 1.165) is 99.6 Å². The molecular weight excluding hydrogens is 1020 g/mol. The van der Waals surface area contributed by atoms with Crippen LogP contribution in [-0.4, -0.2) is 19.5 Å². The number of furan rings is 2. The van der Waals surface area contributed by atoms with E-state index in [2.05, 4.69) is 130 Å². The van der Waals surface area contributed by atoms with Gasteiger partial charge in [0.1, 0.15) is 16.7 Å². The van der Waals surface area contributed by atoms with E-state index < -0.39 is 6.85 Å². The van der Waals surface area contributed by atoms with Crippen molar-refractivity contribution in [3.8, 4) is 39.6 Å². The van der Waals surface area contributed by atoms with Crippen molar-refractivity contribution in [1.82, 2.24) is 19.5 Å². The summed E-state index contributed by atoms with van der Waals surface area (Å²) in [5.41, 5.74) is 13.4. The van der Waals surface area contributed by atoms with Crippen LogP contribution in [0.3, 0.4) is 0 Å². The summed E-state index contributed by atoms with van der Waals surface area (Å²) in [7, 11) is 0. The molecule has 0 spiro atoms. The Balaban J connectivity index is 0.000000300. The molecule has 12 aromatic rings. The molecule has 0 bridgehead atoms. The zero-order chi connectivity index (χ0) is 49.3. The molecule has 0 fully saturated rings. The van der Waals surface area contributed by atoms with Gasteiger partial charge in [0.25, 0.3) is 0 Å². The molecule has 7 heteroatoms. The van der Waals surface area contributed by atoms with Crippen molar-refractivity contribution in [3.05, 3.63) is 192 Å². The molecule has 0 atom stereocenters. The van der Waals surface area contributed by atoms with Crippen LogP contribution in [0.2, 0.25) is 0 Å². The number of rotatable bonds is 6. The van der Waals surface area contributed by atoms with Gasteiger partial charge in [-0.25, -0.2) is 0 Å². The quantitative estimate of drug-likeness (QED) is 0.155. The molecule has 0 saturated carbocycles. The second-order valence-electron chi connectivity index (χ2n) is 19.3. The minimum atomic E-state index is -2.27. The van der Waals surface area contributed by atoms with Gasteiger partial charge in [0.05, 0.1) is 28.3 Å². The van der Waals surface area contributed by atoms with Crippen LogP contribution >= 0.6 is 0 Å². The average molecular weight is 1080 g/mol. The molecule has 0 amide bonds. The number of para-hydroxylation sites is 1. The smallest absolute Gasteiger partial charge is 0.136 e. The van der Waals surface area contributed by atoms with Crippen LogP contribution in [0.1, 0.15) is 86.8 Å². The molecule has 0 aliphatic rings. The molecule has 343 valence electrons. The van der Waals surface area contributed by atoms with E-state index in [4.69, 9.17) is 17.9 Å². The van der Waals surface area contributed by atoms with E-state index in [1.54, 1.807) is 6.07 Å². The van der Waals surface area contributed by atoms with E-state index in [0.29, 0.717) is 11.4 Å². The summed E-state index contributed by atoms with van der Waals surface area (Å²) in [6, 6.07) is 57.2. The number of aromatic nitrogens is 4. The molecule has 8 aromatic carbocycles. The Labute approximate surface area is 420 Å². The molecule has 0 unspecified atom stereocenters. The van der Waals surface area contributed by atoms with Crippen LogP contribution in [0.4, 0.5) is 0 Å². The number of nitrogens with zero attached hydrogens (tertiary/aromatic N) is 4. The topological polar surface area (TPSA) is 69.9 Å². The Morgan fingerprint density at radius 1 is 0.609 bits per heavy atom. The van der Waals surface area contributed by atoms with Crippen LogP contribution in [0.5, 0.6) is 0 Å². The van der Waals surface area contributed by atoms with Crippen LogP contribution < -0.4 is 0 Å². The number of fused-ring (bicyclic) bond motifs is 9. The van der Waals surface area contributed by atoms with E-state index in [1.165, 1.54) is 11.1 Å². The van der Waals surface area contributed by atoms with Gasteiger partial charge in [-0.05, 0) is 94.9 Å². The standard InChI is InChI=1S/C48H37N2O2.C14H15N2.Ir/c1-27(2)36-23-32(30-12-7-6-8-13-30)24-37(28(3)4)45(36)50-46-38-22-29(5)18-19-31(38)20-21-41(46)49-48(50)35-16-11-15-34-40-26-43-39(25-44(40)52-47(34)35)33-14-9-10-17-42(33)51-43;1-14(2,3)12-9-10-15-13(16-12)11-7-5-4-6-8-11;/h6-15,17-28H,1-5H3;4-7,9-10H,1-3H3;/q2*-1;/i5D3;;. The van der Waals surface area contributed by atoms with Crippen molar-refractivity contribution in [2.24, 2.45) is 0 Å². The second kappa shape index (κ2) is 18.0. The van der Waals surface area contributed by atoms with Crippen LogP contribution in [0, 0.1) is 19.0 Å². The molecule has 4 aromatic heterocycles. The van der Waals surface area contributed by atoms with Gasteiger partial charge in [-0.2, -0.15) is 0 Å². The number of aryl methyl sites for hydroxylation is 1. The van der Waals surface area contributed by atoms with E-state index in [9.17, 15) is 0 Å². The largest absolute Gasteiger partial charge is 0.501 e. The fourth-order valence-corrected chi connectivity index (χ4v) is 9.45. The third-order valence-corrected chi connectivity index (χ3v) is 12.9. The van der Waals surface area contributed by atoms with Crippen molar-refractivity contribution in [2.45, 2.75) is 72.6 Å². The average Bonchev–Trinajstić information content (AvgIpc) is 4.06. The Kier molecular flexibility index (Phi) is 11.0. The summed E-state index contributed by atoms with van der Waals surface area (Å²) in [6.45, 7) is 13.1. The summed E-state index contributed by atoms with van der Waals surface area (Å²) in [5, 5.41) is 5.69. The first-order valence-corrected chi connectivity index (χ1v) is 23.3. The second-order valence-corrected chi connectivity index (χ2v) is 19.3. The maximum Gasteiger partial charge on any atom is 0.136 e. The molecule has 4 heterocycles. The Bertz CT molecular complexity index is 3950. The van der Waals surface area contributed by atoms with Crippen molar-refractivity contribution < 1.29 is 33.1 Å². The molecule has 6 nitrogen and oxygen atoms in total. The Hall–Kier alpha value is -7.18. The first-order chi connectivity index (χ1) is 34.1. The van der Waals surface area contributed by atoms with Gasteiger partial charge in [0, 0.05) is 68.8 Å². The Morgan fingerprint density at radius 2 is 1.32 bits per heavy atom. The molecule has 1 radical (unpaired) electrons. The van der Waals surface area contributed by atoms with Gasteiger partial charge >= 0.3 is 0 Å². The summed E-state index contributed by atoms with van der Waals surface area (Å²) in [6.07, 6.45) is 1.81. The summed E-state index contributed by atoms with van der Waals surface area (Å²) >= 11 is 0. The normalized spacial score (nSPS) is 12.7. The first kappa shape index (κ1) is 42.0. The SMILES string of the molecule is CC(C)(C)c1ccnc(-c2[c-]cccc2)n1.[2H]C([2H])([2H])c1ccc2ccc3nc(-c4[c-]ccc5c4oc4cc6c(cc45)oc4ccccc46)n(-c4c(C(C)C)cc(-c5ccccc5)cc4C(C)C)c3c2c1.[Ir]. The number of hydrogen-bond donors (Lipinski definition) is 0. The summed E-state index contributed by atoms with van der Waals surface area (Å²) in [4.78, 5) is 14.3. The minimum Gasteiger partial charge on any atom is -0.501 e. The van der Waals surface area contributed by atoms with Gasteiger partial charge in [0.15, 0.2) is 0 Å². The molecule has 12 rings (SSSR count). The molecule has 0 saturated heterocycles. The van der Waals surface area contributed by atoms with Crippen LogP contribution in [0.25, 0.3) is 105 Å². The number of benzene rings is 8. The minimum absolute atomic E-state index is 0. The summed E-state index contributed by atoms with van der Waals surface area (Å²) < 4.78 is 40.3. The Morgan fingerprint density at radius 3 is 2.04 bits per heavy atom. The maximum atomic E-state index is 8.32. The molecule has 0 N–H and O–H groups in total. The van der Waals surface area contributed by atoms with Crippen molar-refractivity contribution in [1.29, 1.82) is 0 Å². The monoisotopic (exact) mass is 1080 g/mol. The third-order valence-electron chi connectivity index (χ3n) is 12.9. The maximum absolute atomic E-state index is 8.32. The van der Waals surface area contributed by atoms with Crippen molar-refractivity contribution >= 4 is 65.7 Å². The fourth-order valence-electron chi connectivity index (χ4n) is 9.45. The van der Waals surface area contributed by atoms with Gasteiger partial charge < -0.3 is 13.4 Å². The molecular formula is C62H52IrN4O2-2. The zero-order valence-electron chi connectivity index (χ0n) is 42.6. The van der Waals surface area contributed by atoms with E-state index >= 15 is 0 Å². The van der Waals surface area contributed by atoms with Gasteiger partial charge in [-0.3, -0.25) is 15.0 Å². The summed E-state index contributed by atoms with van der Waals surface area (Å²) in [5.74, 6) is 1.71. The van der Waals surface area contributed by atoms with E-state index in [1.807, 2.05) is 97.2 Å². The number of hydrogen-bond acceptors (Lipinski definition) is 5. The molecule has 69 heavy (non-hydrogen) atoms. The van der Waals surface area contributed by atoms with E-state index in [-0.39, 0.29) is 42.9 Å². The number of imidazole rings is 1. The van der Waals surface area contributed by atoms with Crippen molar-refractivity contribution in [3.63, 3.8) is 0 Å².